The van der Waals surface area contributed by atoms with Gasteiger partial charge >= 0.3 is 5.97 Å². The van der Waals surface area contributed by atoms with Crippen LogP contribution >= 0.6 is 0 Å². The Hall–Kier alpha value is -3.88. The van der Waals surface area contributed by atoms with Crippen LogP contribution in [0.2, 0.25) is 0 Å². The zero-order valence-corrected chi connectivity index (χ0v) is 18.1. The fraction of sp³-hybridized carbons (Fsp3) is 0.333. The summed E-state index contributed by atoms with van der Waals surface area (Å²) in [5, 5.41) is 3.16. The number of esters is 1. The van der Waals surface area contributed by atoms with Gasteiger partial charge in [0, 0.05) is 24.7 Å². The SMILES string of the molecule is C[C@@H](OC(=O)c1ccc2c(=O)n3c(nc2c1)CCCCC3)C(=O)Nc1ccc2c(c1)OCO2. The van der Waals surface area contributed by atoms with Crippen LogP contribution in [-0.2, 0) is 22.5 Å². The minimum absolute atomic E-state index is 0.0895. The first-order valence-electron chi connectivity index (χ1n) is 10.9. The summed E-state index contributed by atoms with van der Waals surface area (Å²) in [4.78, 5) is 42.7. The fourth-order valence-electron chi connectivity index (χ4n) is 4.05. The molecule has 2 aliphatic rings. The zero-order valence-electron chi connectivity index (χ0n) is 18.1. The quantitative estimate of drug-likeness (QED) is 0.610. The van der Waals surface area contributed by atoms with E-state index in [0.717, 1.165) is 31.5 Å². The minimum atomic E-state index is -1.04. The van der Waals surface area contributed by atoms with Crippen LogP contribution < -0.4 is 20.3 Å². The lowest BCUT2D eigenvalue weighted by molar-refractivity contribution is -0.123. The molecule has 0 spiro atoms. The van der Waals surface area contributed by atoms with Gasteiger partial charge in [0.05, 0.1) is 16.5 Å². The summed E-state index contributed by atoms with van der Waals surface area (Å²) in [6.45, 7) is 2.29. The van der Waals surface area contributed by atoms with Gasteiger partial charge in [0.1, 0.15) is 5.82 Å². The first-order valence-corrected chi connectivity index (χ1v) is 10.9. The third-order valence-electron chi connectivity index (χ3n) is 5.85. The molecule has 3 heterocycles. The molecule has 33 heavy (non-hydrogen) atoms. The van der Waals surface area contributed by atoms with E-state index in [4.69, 9.17) is 14.2 Å². The number of ether oxygens (including phenoxy) is 3. The van der Waals surface area contributed by atoms with Crippen molar-refractivity contribution in [1.29, 1.82) is 0 Å². The molecule has 1 atom stereocenters. The molecule has 2 aliphatic heterocycles. The molecule has 9 nitrogen and oxygen atoms in total. The van der Waals surface area contributed by atoms with Crippen molar-refractivity contribution < 1.29 is 23.8 Å². The summed E-state index contributed by atoms with van der Waals surface area (Å²) >= 11 is 0. The third-order valence-corrected chi connectivity index (χ3v) is 5.85. The maximum atomic E-state index is 12.9. The second-order valence-corrected chi connectivity index (χ2v) is 8.13. The van der Waals surface area contributed by atoms with Crippen molar-refractivity contribution in [2.45, 2.75) is 45.3 Å². The molecule has 170 valence electrons. The first-order chi connectivity index (χ1) is 16.0. The van der Waals surface area contributed by atoms with E-state index in [1.54, 1.807) is 34.9 Å². The number of aryl methyl sites for hydroxylation is 1. The van der Waals surface area contributed by atoms with E-state index in [0.29, 0.717) is 34.6 Å². The number of nitrogens with zero attached hydrogens (tertiary/aromatic N) is 2. The summed E-state index contributed by atoms with van der Waals surface area (Å²) in [7, 11) is 0. The summed E-state index contributed by atoms with van der Waals surface area (Å²) in [6.07, 6.45) is 2.69. The average Bonchev–Trinajstić information content (AvgIpc) is 3.15. The largest absolute Gasteiger partial charge is 0.454 e. The number of nitrogens with one attached hydrogen (secondary N) is 1. The molecule has 0 aliphatic carbocycles. The number of aromatic nitrogens is 2. The van der Waals surface area contributed by atoms with Crippen molar-refractivity contribution in [2.75, 3.05) is 12.1 Å². The van der Waals surface area contributed by atoms with Crippen LogP contribution in [-0.4, -0.2) is 34.3 Å². The van der Waals surface area contributed by atoms with Crippen LogP contribution in [0.25, 0.3) is 10.9 Å². The van der Waals surface area contributed by atoms with Crippen LogP contribution in [0.4, 0.5) is 5.69 Å². The molecule has 2 aromatic carbocycles. The van der Waals surface area contributed by atoms with Crippen LogP contribution in [0.3, 0.4) is 0 Å². The van der Waals surface area contributed by atoms with E-state index < -0.39 is 18.0 Å². The maximum Gasteiger partial charge on any atom is 0.338 e. The molecule has 9 heteroatoms. The highest BCUT2D eigenvalue weighted by molar-refractivity contribution is 5.98. The van der Waals surface area contributed by atoms with Crippen LogP contribution in [0, 0.1) is 0 Å². The number of amides is 1. The van der Waals surface area contributed by atoms with Crippen molar-refractivity contribution in [3.63, 3.8) is 0 Å². The molecule has 0 saturated heterocycles. The van der Waals surface area contributed by atoms with Gasteiger partial charge in [-0.25, -0.2) is 9.78 Å². The van der Waals surface area contributed by atoms with Crippen molar-refractivity contribution in [2.24, 2.45) is 0 Å². The Morgan fingerprint density at radius 1 is 1.09 bits per heavy atom. The number of carbonyl (C=O) groups is 2. The number of rotatable bonds is 4. The average molecular weight is 449 g/mol. The molecule has 0 radical (unpaired) electrons. The normalized spacial score (nSPS) is 15.4. The van der Waals surface area contributed by atoms with Gasteiger partial charge in [0.15, 0.2) is 17.6 Å². The van der Waals surface area contributed by atoms with E-state index in [2.05, 4.69) is 10.3 Å². The Balaban J connectivity index is 1.31. The Labute approximate surface area is 189 Å². The lowest BCUT2D eigenvalue weighted by atomic mass is 10.1. The van der Waals surface area contributed by atoms with E-state index in [9.17, 15) is 14.4 Å². The van der Waals surface area contributed by atoms with Crippen LogP contribution in [0.15, 0.2) is 41.2 Å². The fourth-order valence-corrected chi connectivity index (χ4v) is 4.05. The molecule has 0 fully saturated rings. The first kappa shape index (κ1) is 21.0. The molecule has 1 N–H and O–H groups in total. The maximum absolute atomic E-state index is 12.9. The minimum Gasteiger partial charge on any atom is -0.454 e. The number of anilines is 1. The molecule has 0 bridgehead atoms. The van der Waals surface area contributed by atoms with Gasteiger partial charge in [-0.1, -0.05) is 6.42 Å². The lowest BCUT2D eigenvalue weighted by Crippen LogP contribution is -2.30. The van der Waals surface area contributed by atoms with E-state index in [-0.39, 0.29) is 17.9 Å². The van der Waals surface area contributed by atoms with E-state index >= 15 is 0 Å². The number of hydrogen-bond acceptors (Lipinski definition) is 7. The Morgan fingerprint density at radius 2 is 1.94 bits per heavy atom. The molecule has 1 amide bonds. The zero-order chi connectivity index (χ0) is 22.9. The Bertz CT molecular complexity index is 1320. The Kier molecular flexibility index (Phi) is 5.45. The van der Waals surface area contributed by atoms with Gasteiger partial charge in [0.25, 0.3) is 11.5 Å². The standard InChI is InChI=1S/C24H23N3O6/c1-14(22(28)25-16-7-9-19-20(12-16)32-13-31-19)33-24(30)15-6-8-17-18(11-15)26-21-5-3-2-4-10-27(21)23(17)29/h6-9,11-12,14H,2-5,10,13H2,1H3,(H,25,28)/t14-/m1/s1. The summed E-state index contributed by atoms with van der Waals surface area (Å²) in [5.41, 5.74) is 1.10. The molecule has 0 unspecified atom stereocenters. The van der Waals surface area contributed by atoms with Crippen LogP contribution in [0.1, 0.15) is 42.4 Å². The highest BCUT2D eigenvalue weighted by Gasteiger charge is 2.22. The van der Waals surface area contributed by atoms with E-state index in [1.165, 1.54) is 13.0 Å². The van der Waals surface area contributed by atoms with Gasteiger partial charge in [-0.05, 0) is 50.1 Å². The monoisotopic (exact) mass is 449 g/mol. The van der Waals surface area contributed by atoms with Crippen molar-refractivity contribution >= 4 is 28.5 Å². The Morgan fingerprint density at radius 3 is 2.82 bits per heavy atom. The molecular formula is C24H23N3O6. The van der Waals surface area contributed by atoms with E-state index in [1.807, 2.05) is 0 Å². The second-order valence-electron chi connectivity index (χ2n) is 8.13. The molecular weight excluding hydrogens is 426 g/mol. The smallest absolute Gasteiger partial charge is 0.338 e. The third kappa shape index (κ3) is 4.13. The van der Waals surface area contributed by atoms with Crippen molar-refractivity contribution in [1.82, 2.24) is 9.55 Å². The summed E-state index contributed by atoms with van der Waals surface area (Å²) < 4.78 is 17.6. The van der Waals surface area contributed by atoms with Crippen molar-refractivity contribution in [3.05, 3.63) is 58.1 Å². The molecule has 0 saturated carbocycles. The molecule has 3 aromatic rings. The number of benzene rings is 2. The highest BCUT2D eigenvalue weighted by atomic mass is 16.7. The molecule has 5 rings (SSSR count). The van der Waals surface area contributed by atoms with Crippen LogP contribution in [0.5, 0.6) is 11.5 Å². The highest BCUT2D eigenvalue weighted by Crippen LogP contribution is 2.34. The lowest BCUT2D eigenvalue weighted by Gasteiger charge is -2.14. The van der Waals surface area contributed by atoms with Crippen molar-refractivity contribution in [3.8, 4) is 11.5 Å². The van der Waals surface area contributed by atoms with Gasteiger partial charge < -0.3 is 19.5 Å². The van der Waals surface area contributed by atoms with Gasteiger partial charge in [0.2, 0.25) is 6.79 Å². The number of hydrogen-bond donors (Lipinski definition) is 1. The molecule has 1 aromatic heterocycles. The number of carbonyl (C=O) groups excluding carboxylic acids is 2. The second kappa shape index (κ2) is 8.57. The topological polar surface area (TPSA) is 109 Å². The summed E-state index contributed by atoms with van der Waals surface area (Å²) in [5.74, 6) is 0.739. The predicted molar refractivity (Wildman–Crippen MR) is 120 cm³/mol. The van der Waals surface area contributed by atoms with Gasteiger partial charge in [-0.2, -0.15) is 0 Å². The predicted octanol–water partition coefficient (Wildman–Crippen LogP) is 3.04. The summed E-state index contributed by atoms with van der Waals surface area (Å²) in [6, 6.07) is 9.69. The van der Waals surface area contributed by atoms with Gasteiger partial charge in [-0.3, -0.25) is 14.2 Å². The van der Waals surface area contributed by atoms with Gasteiger partial charge in [-0.15, -0.1) is 0 Å². The number of fused-ring (bicyclic) bond motifs is 3.